The Balaban J connectivity index is 1.97. The molecule has 0 spiro atoms. The lowest BCUT2D eigenvalue weighted by Gasteiger charge is -2.04. The van der Waals surface area contributed by atoms with Gasteiger partial charge in [0.15, 0.2) is 11.5 Å². The Hall–Kier alpha value is -2.63. The summed E-state index contributed by atoms with van der Waals surface area (Å²) < 4.78 is 5.34. The van der Waals surface area contributed by atoms with Gasteiger partial charge in [-0.25, -0.2) is 0 Å². The number of carboxylic acid groups (broad SMARTS) is 1. The molecule has 0 unspecified atom stereocenters. The monoisotopic (exact) mass is 288 g/mol. The summed E-state index contributed by atoms with van der Waals surface area (Å²) in [5.74, 6) is -0.210. The number of nitrogens with zero attached hydrogens (tertiary/aromatic N) is 2. The molecule has 0 bridgehead atoms. The minimum absolute atomic E-state index is 0.140. The van der Waals surface area contributed by atoms with E-state index in [4.69, 9.17) is 14.4 Å². The maximum Gasteiger partial charge on any atom is 0.303 e. The number of aliphatic carboxylic acids is 1. The lowest BCUT2D eigenvalue weighted by Crippen LogP contribution is -2.04. The SMILES string of the molecule is O=C(O)CCCCO/N=C(/c1cccnc1)c1ccco1. The number of carboxylic acids is 1. The van der Waals surface area contributed by atoms with Crippen molar-refractivity contribution in [3.63, 3.8) is 0 Å². The van der Waals surface area contributed by atoms with Crippen LogP contribution in [-0.2, 0) is 9.63 Å². The van der Waals surface area contributed by atoms with Gasteiger partial charge in [-0.3, -0.25) is 9.78 Å². The van der Waals surface area contributed by atoms with Crippen LogP contribution in [-0.4, -0.2) is 28.4 Å². The van der Waals surface area contributed by atoms with Crippen LogP contribution in [0.1, 0.15) is 30.6 Å². The fraction of sp³-hybridized carbons (Fsp3) is 0.267. The zero-order valence-corrected chi connectivity index (χ0v) is 11.4. The van der Waals surface area contributed by atoms with Crippen LogP contribution in [0.4, 0.5) is 0 Å². The summed E-state index contributed by atoms with van der Waals surface area (Å²) in [5, 5.41) is 12.6. The van der Waals surface area contributed by atoms with Crippen LogP contribution in [0.25, 0.3) is 0 Å². The number of pyridine rings is 1. The highest BCUT2D eigenvalue weighted by atomic mass is 16.6. The van der Waals surface area contributed by atoms with Crippen LogP contribution in [0.5, 0.6) is 0 Å². The first kappa shape index (κ1) is 14.8. The molecule has 110 valence electrons. The summed E-state index contributed by atoms with van der Waals surface area (Å²) in [5.41, 5.74) is 1.35. The van der Waals surface area contributed by atoms with Crippen LogP contribution in [0.2, 0.25) is 0 Å². The Morgan fingerprint density at radius 1 is 1.33 bits per heavy atom. The molecule has 0 aliphatic heterocycles. The third kappa shape index (κ3) is 4.76. The molecule has 1 N–H and O–H groups in total. The van der Waals surface area contributed by atoms with E-state index in [-0.39, 0.29) is 6.42 Å². The fourth-order valence-corrected chi connectivity index (χ4v) is 1.71. The quantitative estimate of drug-likeness (QED) is 0.458. The van der Waals surface area contributed by atoms with E-state index < -0.39 is 5.97 Å². The zero-order chi connectivity index (χ0) is 14.9. The van der Waals surface area contributed by atoms with Crippen molar-refractivity contribution < 1.29 is 19.2 Å². The van der Waals surface area contributed by atoms with Gasteiger partial charge in [-0.2, -0.15) is 0 Å². The smallest absolute Gasteiger partial charge is 0.303 e. The first-order valence-corrected chi connectivity index (χ1v) is 6.63. The highest BCUT2D eigenvalue weighted by Gasteiger charge is 2.10. The van der Waals surface area contributed by atoms with Crippen molar-refractivity contribution in [2.45, 2.75) is 19.3 Å². The van der Waals surface area contributed by atoms with Crippen LogP contribution in [0.3, 0.4) is 0 Å². The molecule has 0 aliphatic carbocycles. The van der Waals surface area contributed by atoms with E-state index in [2.05, 4.69) is 10.1 Å². The van der Waals surface area contributed by atoms with Gasteiger partial charge in [0.25, 0.3) is 0 Å². The number of carbonyl (C=O) groups is 1. The molecule has 2 rings (SSSR count). The minimum atomic E-state index is -0.801. The Bertz CT molecular complexity index is 579. The molecule has 0 aliphatic rings. The molecule has 2 heterocycles. The van der Waals surface area contributed by atoms with Gasteiger partial charge in [-0.05, 0) is 37.1 Å². The van der Waals surface area contributed by atoms with Gasteiger partial charge in [0.05, 0.1) is 6.26 Å². The molecule has 21 heavy (non-hydrogen) atoms. The van der Waals surface area contributed by atoms with E-state index in [1.165, 1.54) is 0 Å². The molecule has 0 amide bonds. The number of aromatic nitrogens is 1. The molecule has 0 saturated heterocycles. The van der Waals surface area contributed by atoms with E-state index in [0.29, 0.717) is 30.9 Å². The number of oxime groups is 1. The highest BCUT2D eigenvalue weighted by molar-refractivity contribution is 6.10. The Morgan fingerprint density at radius 2 is 2.24 bits per heavy atom. The van der Waals surface area contributed by atoms with Crippen molar-refractivity contribution >= 4 is 11.7 Å². The average Bonchev–Trinajstić information content (AvgIpc) is 3.01. The summed E-state index contributed by atoms with van der Waals surface area (Å²) in [6, 6.07) is 7.23. The molecule has 0 saturated carbocycles. The van der Waals surface area contributed by atoms with Crippen LogP contribution in [0, 0.1) is 0 Å². The van der Waals surface area contributed by atoms with E-state index in [9.17, 15) is 4.79 Å². The maximum absolute atomic E-state index is 10.4. The minimum Gasteiger partial charge on any atom is -0.481 e. The van der Waals surface area contributed by atoms with Gasteiger partial charge >= 0.3 is 5.97 Å². The summed E-state index contributed by atoms with van der Waals surface area (Å²) in [6.45, 7) is 0.359. The molecule has 0 radical (unpaired) electrons. The molecule has 2 aromatic rings. The van der Waals surface area contributed by atoms with Gasteiger partial charge in [-0.1, -0.05) is 5.16 Å². The number of hydrogen-bond donors (Lipinski definition) is 1. The van der Waals surface area contributed by atoms with Crippen molar-refractivity contribution in [3.8, 4) is 0 Å². The molecule has 0 atom stereocenters. The fourth-order valence-electron chi connectivity index (χ4n) is 1.71. The largest absolute Gasteiger partial charge is 0.481 e. The molecule has 2 aromatic heterocycles. The lowest BCUT2D eigenvalue weighted by molar-refractivity contribution is -0.137. The second-order valence-electron chi connectivity index (χ2n) is 4.34. The number of unbranched alkanes of at least 4 members (excludes halogenated alkanes) is 1. The van der Waals surface area contributed by atoms with Gasteiger partial charge in [-0.15, -0.1) is 0 Å². The molecular weight excluding hydrogens is 272 g/mol. The van der Waals surface area contributed by atoms with Crippen molar-refractivity contribution in [2.75, 3.05) is 6.61 Å². The second-order valence-corrected chi connectivity index (χ2v) is 4.34. The van der Waals surface area contributed by atoms with Crippen molar-refractivity contribution in [3.05, 3.63) is 54.2 Å². The summed E-state index contributed by atoms with van der Waals surface area (Å²) in [7, 11) is 0. The molecule has 0 aromatic carbocycles. The summed E-state index contributed by atoms with van der Waals surface area (Å²) >= 11 is 0. The van der Waals surface area contributed by atoms with Crippen molar-refractivity contribution in [2.24, 2.45) is 5.16 Å². The first-order valence-electron chi connectivity index (χ1n) is 6.63. The third-order valence-electron chi connectivity index (χ3n) is 2.72. The van der Waals surface area contributed by atoms with Gasteiger partial charge < -0.3 is 14.4 Å². The third-order valence-corrected chi connectivity index (χ3v) is 2.72. The highest BCUT2D eigenvalue weighted by Crippen LogP contribution is 2.11. The van der Waals surface area contributed by atoms with Crippen LogP contribution in [0.15, 0.2) is 52.5 Å². The Morgan fingerprint density at radius 3 is 2.90 bits per heavy atom. The van der Waals surface area contributed by atoms with E-state index >= 15 is 0 Å². The van der Waals surface area contributed by atoms with Crippen molar-refractivity contribution in [1.82, 2.24) is 4.98 Å². The van der Waals surface area contributed by atoms with Crippen LogP contribution < -0.4 is 0 Å². The molecule has 0 fully saturated rings. The van der Waals surface area contributed by atoms with Gasteiger partial charge in [0.1, 0.15) is 6.61 Å². The predicted octanol–water partition coefficient (Wildman–Crippen LogP) is 2.70. The molecular formula is C15H16N2O4. The van der Waals surface area contributed by atoms with E-state index in [1.54, 1.807) is 36.9 Å². The lowest BCUT2D eigenvalue weighted by atomic mass is 10.1. The van der Waals surface area contributed by atoms with Crippen molar-refractivity contribution in [1.29, 1.82) is 0 Å². The Labute approximate surface area is 122 Å². The summed E-state index contributed by atoms with van der Waals surface area (Å²) in [4.78, 5) is 19.7. The number of furan rings is 1. The van der Waals surface area contributed by atoms with E-state index in [0.717, 1.165) is 5.56 Å². The Kier molecular flexibility index (Phi) is 5.51. The molecule has 6 heteroatoms. The van der Waals surface area contributed by atoms with Gasteiger partial charge in [0.2, 0.25) is 0 Å². The van der Waals surface area contributed by atoms with Crippen LogP contribution >= 0.6 is 0 Å². The topological polar surface area (TPSA) is 84.9 Å². The summed E-state index contributed by atoms with van der Waals surface area (Å²) in [6.07, 6.45) is 6.25. The predicted molar refractivity (Wildman–Crippen MR) is 76.0 cm³/mol. The standard InChI is InChI=1S/C15H16N2O4/c18-14(19)7-1-2-10-21-17-15(13-6-4-9-20-13)12-5-3-8-16-11-12/h3-6,8-9,11H,1-2,7,10H2,(H,18,19)/b17-15-. The maximum atomic E-state index is 10.4. The number of rotatable bonds is 8. The first-order chi connectivity index (χ1) is 10.3. The average molecular weight is 288 g/mol. The zero-order valence-electron chi connectivity index (χ0n) is 11.4. The second kappa shape index (κ2) is 7.84. The molecule has 6 nitrogen and oxygen atoms in total. The number of hydrogen-bond acceptors (Lipinski definition) is 5. The normalized spacial score (nSPS) is 11.3. The van der Waals surface area contributed by atoms with E-state index in [1.807, 2.05) is 6.07 Å². The van der Waals surface area contributed by atoms with Gasteiger partial charge in [0, 0.05) is 24.4 Å².